The van der Waals surface area contributed by atoms with E-state index < -0.39 is 0 Å². The Kier molecular flexibility index (Phi) is 7.58. The number of fused-ring (bicyclic) bond motifs is 1. The summed E-state index contributed by atoms with van der Waals surface area (Å²) in [6, 6.07) is 8.53. The van der Waals surface area contributed by atoms with Crippen LogP contribution in [-0.4, -0.2) is 30.8 Å². The van der Waals surface area contributed by atoms with E-state index in [2.05, 4.69) is 34.9 Å². The topological polar surface area (TPSA) is 54.8 Å². The van der Waals surface area contributed by atoms with Crippen molar-refractivity contribution in [3.05, 3.63) is 45.8 Å². The van der Waals surface area contributed by atoms with Gasteiger partial charge >= 0.3 is 5.97 Å². The van der Waals surface area contributed by atoms with Crippen LogP contribution in [0.25, 0.3) is 0 Å². The summed E-state index contributed by atoms with van der Waals surface area (Å²) in [5.74, 6) is -0.253. The second-order valence-corrected chi connectivity index (χ2v) is 9.91. The Bertz CT molecular complexity index is 918. The van der Waals surface area contributed by atoms with E-state index in [4.69, 9.17) is 17.0 Å². The first-order valence-electron chi connectivity index (χ1n) is 11.5. The van der Waals surface area contributed by atoms with Gasteiger partial charge in [-0.05, 0) is 81.8 Å². The second kappa shape index (κ2) is 10.6. The third-order valence-electron chi connectivity index (χ3n) is 6.10. The Morgan fingerprint density at radius 3 is 2.55 bits per heavy atom. The van der Waals surface area contributed by atoms with Crippen molar-refractivity contribution >= 4 is 45.3 Å². The van der Waals surface area contributed by atoms with Gasteiger partial charge in [-0.2, -0.15) is 0 Å². The number of benzene rings is 1. The zero-order chi connectivity index (χ0) is 21.6. The van der Waals surface area contributed by atoms with E-state index in [1.54, 1.807) is 16.2 Å². The van der Waals surface area contributed by atoms with E-state index in [9.17, 15) is 4.79 Å². The van der Waals surface area contributed by atoms with E-state index in [0.29, 0.717) is 17.3 Å². The van der Waals surface area contributed by atoms with Crippen LogP contribution >= 0.6 is 23.6 Å². The molecule has 0 amide bonds. The van der Waals surface area contributed by atoms with Crippen molar-refractivity contribution in [3.8, 4) is 0 Å². The Balaban J connectivity index is 1.40. The lowest BCUT2D eigenvalue weighted by molar-refractivity contribution is -0.918. The molecule has 1 saturated heterocycles. The third-order valence-corrected chi connectivity index (χ3v) is 7.52. The Hall–Kier alpha value is -1.96. The van der Waals surface area contributed by atoms with Gasteiger partial charge in [-0.25, -0.2) is 4.79 Å². The molecule has 166 valence electrons. The summed E-state index contributed by atoms with van der Waals surface area (Å²) in [5, 5.41) is 7.84. The maximum absolute atomic E-state index is 12.6. The Morgan fingerprint density at radius 1 is 1.06 bits per heavy atom. The van der Waals surface area contributed by atoms with Crippen LogP contribution in [0.15, 0.2) is 24.3 Å². The number of rotatable bonds is 6. The molecule has 2 heterocycles. The molecule has 31 heavy (non-hydrogen) atoms. The van der Waals surface area contributed by atoms with Gasteiger partial charge in [0.15, 0.2) is 5.11 Å². The number of aryl methyl sites for hydroxylation is 1. The lowest BCUT2D eigenvalue weighted by atomic mass is 9.95. The lowest BCUT2D eigenvalue weighted by Gasteiger charge is -2.23. The molecule has 0 radical (unpaired) electrons. The standard InChI is InChI=1S/C24H31N3O2S2/c1-2-29-23(28)21-19-8-4-5-9-20(19)31-22(21)26-24(30)25-18-12-10-17(11-13-18)16-27-14-6-3-7-15-27/h10-13H,2-9,14-16H2,1H3,(H2,25,26,30)/p+1. The number of likely N-dealkylation sites (tertiary alicyclic amines) is 1. The number of thiocarbonyl (C=S) groups is 1. The molecule has 0 spiro atoms. The number of anilines is 2. The molecule has 5 nitrogen and oxygen atoms in total. The summed E-state index contributed by atoms with van der Waals surface area (Å²) in [5.41, 5.74) is 4.13. The van der Waals surface area contributed by atoms with Gasteiger partial charge in [0.1, 0.15) is 11.5 Å². The maximum Gasteiger partial charge on any atom is 0.341 e. The van der Waals surface area contributed by atoms with Gasteiger partial charge in [0.25, 0.3) is 0 Å². The zero-order valence-electron chi connectivity index (χ0n) is 18.2. The number of piperidine rings is 1. The number of hydrogen-bond donors (Lipinski definition) is 3. The molecule has 2 aromatic rings. The highest BCUT2D eigenvalue weighted by Gasteiger charge is 2.26. The molecule has 0 atom stereocenters. The van der Waals surface area contributed by atoms with Gasteiger partial charge in [0, 0.05) is 16.1 Å². The first kappa shape index (κ1) is 22.2. The molecule has 1 aromatic heterocycles. The van der Waals surface area contributed by atoms with Crippen LogP contribution in [0.1, 0.15) is 65.4 Å². The maximum atomic E-state index is 12.6. The van der Waals surface area contributed by atoms with Crippen LogP contribution in [0, 0.1) is 0 Å². The van der Waals surface area contributed by atoms with Gasteiger partial charge in [-0.1, -0.05) is 12.1 Å². The molecular weight excluding hydrogens is 426 g/mol. The summed E-state index contributed by atoms with van der Waals surface area (Å²) >= 11 is 7.20. The number of carbonyl (C=O) groups excluding carboxylic acids is 1. The number of hydrogen-bond acceptors (Lipinski definition) is 4. The van der Waals surface area contributed by atoms with Crippen molar-refractivity contribution in [1.82, 2.24) is 0 Å². The Labute approximate surface area is 194 Å². The van der Waals surface area contributed by atoms with Crippen molar-refractivity contribution in [2.24, 2.45) is 0 Å². The van der Waals surface area contributed by atoms with E-state index in [-0.39, 0.29) is 5.97 Å². The normalized spacial score (nSPS) is 16.4. The van der Waals surface area contributed by atoms with Crippen molar-refractivity contribution in [1.29, 1.82) is 0 Å². The number of ether oxygens (including phenoxy) is 1. The third kappa shape index (κ3) is 5.64. The summed E-state index contributed by atoms with van der Waals surface area (Å²) in [4.78, 5) is 15.6. The molecule has 0 unspecified atom stereocenters. The van der Waals surface area contributed by atoms with Crippen molar-refractivity contribution in [3.63, 3.8) is 0 Å². The minimum absolute atomic E-state index is 0.253. The van der Waals surface area contributed by atoms with Gasteiger partial charge in [0.05, 0.1) is 25.3 Å². The predicted octanol–water partition coefficient (Wildman–Crippen LogP) is 4.18. The molecule has 1 aromatic carbocycles. The molecule has 1 fully saturated rings. The average molecular weight is 459 g/mol. The molecular formula is C24H32N3O2S2+. The highest BCUT2D eigenvalue weighted by atomic mass is 32.1. The smallest absolute Gasteiger partial charge is 0.341 e. The largest absolute Gasteiger partial charge is 0.462 e. The summed E-state index contributed by atoms with van der Waals surface area (Å²) in [6.07, 6.45) is 8.30. The van der Waals surface area contributed by atoms with E-state index in [1.807, 2.05) is 6.92 Å². The molecule has 0 saturated carbocycles. The van der Waals surface area contributed by atoms with Gasteiger partial charge in [-0.3, -0.25) is 0 Å². The second-order valence-electron chi connectivity index (χ2n) is 8.40. The first-order valence-corrected chi connectivity index (χ1v) is 12.7. The summed E-state index contributed by atoms with van der Waals surface area (Å²) in [7, 11) is 0. The number of carbonyl (C=O) groups is 1. The molecule has 1 aliphatic carbocycles. The van der Waals surface area contributed by atoms with Crippen LogP contribution in [0.5, 0.6) is 0 Å². The van der Waals surface area contributed by atoms with Crippen molar-refractivity contribution in [2.75, 3.05) is 30.3 Å². The zero-order valence-corrected chi connectivity index (χ0v) is 19.9. The quantitative estimate of drug-likeness (QED) is 0.448. The van der Waals surface area contributed by atoms with Crippen molar-refractivity contribution in [2.45, 2.75) is 58.4 Å². The fourth-order valence-corrected chi connectivity index (χ4v) is 6.13. The van der Waals surface area contributed by atoms with Gasteiger partial charge in [-0.15, -0.1) is 11.3 Å². The first-order chi connectivity index (χ1) is 15.1. The fraction of sp³-hybridized carbons (Fsp3) is 0.500. The lowest BCUT2D eigenvalue weighted by Crippen LogP contribution is -3.11. The van der Waals surface area contributed by atoms with Crippen LogP contribution in [0.4, 0.5) is 10.7 Å². The van der Waals surface area contributed by atoms with E-state index >= 15 is 0 Å². The Morgan fingerprint density at radius 2 is 1.81 bits per heavy atom. The van der Waals surface area contributed by atoms with Crippen LogP contribution in [0.2, 0.25) is 0 Å². The highest BCUT2D eigenvalue weighted by molar-refractivity contribution is 7.80. The van der Waals surface area contributed by atoms with Crippen LogP contribution < -0.4 is 15.5 Å². The SMILES string of the molecule is CCOC(=O)c1c(NC(=S)Nc2ccc(C[NH+]3CCCCC3)cc2)sc2c1CCCC2. The average Bonchev–Trinajstić information content (AvgIpc) is 3.13. The predicted molar refractivity (Wildman–Crippen MR) is 131 cm³/mol. The van der Waals surface area contributed by atoms with E-state index in [1.165, 1.54) is 49.2 Å². The molecule has 3 N–H and O–H groups in total. The minimum atomic E-state index is -0.253. The molecule has 7 heteroatoms. The number of esters is 1. The molecule has 1 aliphatic heterocycles. The van der Waals surface area contributed by atoms with Gasteiger partial charge in [0.2, 0.25) is 0 Å². The fourth-order valence-electron chi connectivity index (χ4n) is 4.56. The molecule has 0 bridgehead atoms. The number of thiophene rings is 1. The summed E-state index contributed by atoms with van der Waals surface area (Å²) in [6.45, 7) is 5.86. The minimum Gasteiger partial charge on any atom is -0.462 e. The summed E-state index contributed by atoms with van der Waals surface area (Å²) < 4.78 is 5.33. The number of quaternary nitrogens is 1. The van der Waals surface area contributed by atoms with E-state index in [0.717, 1.165) is 42.1 Å². The van der Waals surface area contributed by atoms with Crippen LogP contribution in [-0.2, 0) is 24.1 Å². The van der Waals surface area contributed by atoms with Crippen molar-refractivity contribution < 1.29 is 14.4 Å². The number of nitrogens with one attached hydrogen (secondary N) is 3. The van der Waals surface area contributed by atoms with Gasteiger partial charge < -0.3 is 20.3 Å². The monoisotopic (exact) mass is 458 g/mol. The van der Waals surface area contributed by atoms with Crippen LogP contribution in [0.3, 0.4) is 0 Å². The highest BCUT2D eigenvalue weighted by Crippen LogP contribution is 2.38. The molecule has 2 aliphatic rings. The molecule has 4 rings (SSSR count).